The Bertz CT molecular complexity index is 535. The molecule has 102 valence electrons. The summed E-state index contributed by atoms with van der Waals surface area (Å²) in [5.41, 5.74) is 1.10. The van der Waals surface area contributed by atoms with E-state index in [0.29, 0.717) is 0 Å². The summed E-state index contributed by atoms with van der Waals surface area (Å²) in [7, 11) is 3.73. The summed E-state index contributed by atoms with van der Waals surface area (Å²) in [6.07, 6.45) is 4.91. The molecular formula is C12H19N7. The van der Waals surface area contributed by atoms with E-state index in [1.807, 2.05) is 14.1 Å². The van der Waals surface area contributed by atoms with Gasteiger partial charge >= 0.3 is 0 Å². The molecule has 0 aliphatic heterocycles. The zero-order chi connectivity index (χ0) is 13.7. The molecule has 2 N–H and O–H groups in total. The lowest BCUT2D eigenvalue weighted by Crippen LogP contribution is -2.11. The van der Waals surface area contributed by atoms with Crippen molar-refractivity contribution in [1.82, 2.24) is 24.7 Å². The molecule has 0 aromatic carbocycles. The average molecular weight is 261 g/mol. The molecule has 2 aromatic heterocycles. The maximum absolute atomic E-state index is 4.29. The molecule has 0 unspecified atom stereocenters. The van der Waals surface area contributed by atoms with Crippen molar-refractivity contribution < 1.29 is 0 Å². The molecule has 0 spiro atoms. The van der Waals surface area contributed by atoms with Gasteiger partial charge in [0.15, 0.2) is 5.82 Å². The van der Waals surface area contributed by atoms with Gasteiger partial charge in [0.05, 0.1) is 0 Å². The number of hydrogen-bond acceptors (Lipinski definition) is 6. The predicted octanol–water partition coefficient (Wildman–Crippen LogP) is 0.864. The minimum absolute atomic E-state index is 0.747. The van der Waals surface area contributed by atoms with Crippen LogP contribution in [0.15, 0.2) is 12.7 Å². The van der Waals surface area contributed by atoms with Crippen LogP contribution in [-0.2, 0) is 19.9 Å². The Morgan fingerprint density at radius 1 is 1.21 bits per heavy atom. The van der Waals surface area contributed by atoms with Gasteiger partial charge in [0.25, 0.3) is 0 Å². The topological polar surface area (TPSA) is 80.5 Å². The first-order valence-electron chi connectivity index (χ1n) is 6.34. The van der Waals surface area contributed by atoms with Crippen molar-refractivity contribution in [1.29, 1.82) is 0 Å². The highest BCUT2D eigenvalue weighted by molar-refractivity contribution is 5.57. The van der Waals surface area contributed by atoms with Crippen LogP contribution in [0.5, 0.6) is 0 Å². The van der Waals surface area contributed by atoms with E-state index in [0.717, 1.165) is 42.4 Å². The fourth-order valence-electron chi connectivity index (χ4n) is 1.91. The van der Waals surface area contributed by atoms with E-state index < -0.39 is 0 Å². The molecule has 7 heteroatoms. The van der Waals surface area contributed by atoms with Gasteiger partial charge < -0.3 is 10.6 Å². The van der Waals surface area contributed by atoms with Crippen LogP contribution in [0.3, 0.4) is 0 Å². The Kier molecular flexibility index (Phi) is 4.27. The van der Waals surface area contributed by atoms with Crippen molar-refractivity contribution in [2.45, 2.75) is 19.8 Å². The first-order valence-corrected chi connectivity index (χ1v) is 6.34. The highest BCUT2D eigenvalue weighted by Gasteiger charge is 2.08. The van der Waals surface area contributed by atoms with Gasteiger partial charge in [-0.25, -0.2) is 15.0 Å². The molecule has 0 aliphatic carbocycles. The van der Waals surface area contributed by atoms with Crippen molar-refractivity contribution in [3.63, 3.8) is 0 Å². The van der Waals surface area contributed by atoms with Crippen molar-refractivity contribution in [3.8, 4) is 0 Å². The fraction of sp³-hybridized carbons (Fsp3) is 0.500. The lowest BCUT2D eigenvalue weighted by Gasteiger charge is -2.12. The first kappa shape index (κ1) is 13.3. The summed E-state index contributed by atoms with van der Waals surface area (Å²) >= 11 is 0. The summed E-state index contributed by atoms with van der Waals surface area (Å²) in [6.45, 7) is 2.84. The normalized spacial score (nSPS) is 10.5. The van der Waals surface area contributed by atoms with Crippen LogP contribution < -0.4 is 10.6 Å². The Hall–Kier alpha value is -2.18. The Morgan fingerprint density at radius 2 is 2.00 bits per heavy atom. The quantitative estimate of drug-likeness (QED) is 0.803. The molecule has 19 heavy (non-hydrogen) atoms. The molecule has 2 heterocycles. The molecular weight excluding hydrogens is 242 g/mol. The van der Waals surface area contributed by atoms with E-state index in [4.69, 9.17) is 0 Å². The number of nitrogens with zero attached hydrogens (tertiary/aromatic N) is 5. The van der Waals surface area contributed by atoms with Gasteiger partial charge in [0, 0.05) is 32.6 Å². The molecule has 0 aliphatic rings. The molecule has 2 rings (SSSR count). The van der Waals surface area contributed by atoms with E-state index in [2.05, 4.69) is 37.6 Å². The largest absolute Gasteiger partial charge is 0.373 e. The van der Waals surface area contributed by atoms with Crippen LogP contribution in [0.4, 0.5) is 11.6 Å². The van der Waals surface area contributed by atoms with Crippen molar-refractivity contribution in [2.75, 3.05) is 24.2 Å². The molecule has 0 radical (unpaired) electrons. The lowest BCUT2D eigenvalue weighted by molar-refractivity contribution is 0.741. The second-order valence-corrected chi connectivity index (χ2v) is 4.16. The molecule has 0 atom stereocenters. The Labute approximate surface area is 112 Å². The summed E-state index contributed by atoms with van der Waals surface area (Å²) < 4.78 is 1.70. The van der Waals surface area contributed by atoms with Gasteiger partial charge in [0.2, 0.25) is 0 Å². The minimum Gasteiger partial charge on any atom is -0.373 e. The van der Waals surface area contributed by atoms with Crippen LogP contribution >= 0.6 is 0 Å². The maximum atomic E-state index is 4.29. The van der Waals surface area contributed by atoms with E-state index in [9.17, 15) is 0 Å². The van der Waals surface area contributed by atoms with E-state index in [-0.39, 0.29) is 0 Å². The van der Waals surface area contributed by atoms with Gasteiger partial charge in [-0.15, -0.1) is 0 Å². The van der Waals surface area contributed by atoms with Gasteiger partial charge in [-0.2, -0.15) is 5.10 Å². The number of hydrogen-bond donors (Lipinski definition) is 2. The number of anilines is 2. The predicted molar refractivity (Wildman–Crippen MR) is 74.2 cm³/mol. The maximum Gasteiger partial charge on any atom is 0.152 e. The van der Waals surface area contributed by atoms with Crippen molar-refractivity contribution in [2.24, 2.45) is 7.05 Å². The van der Waals surface area contributed by atoms with Crippen LogP contribution in [0, 0.1) is 0 Å². The third-order valence-corrected chi connectivity index (χ3v) is 2.82. The second-order valence-electron chi connectivity index (χ2n) is 4.16. The standard InChI is InChI=1S/C12H19N7/c1-4-9-11(13-2)15-7-16-12(9)14-6-5-10-17-8-19(3)18-10/h7-8H,4-6H2,1-3H3,(H2,13,14,15,16). The van der Waals surface area contributed by atoms with Gasteiger partial charge in [-0.1, -0.05) is 6.92 Å². The monoisotopic (exact) mass is 261 g/mol. The molecule has 2 aromatic rings. The van der Waals surface area contributed by atoms with Gasteiger partial charge in [0.1, 0.15) is 24.3 Å². The van der Waals surface area contributed by atoms with Gasteiger partial charge in [-0.3, -0.25) is 4.68 Å². The van der Waals surface area contributed by atoms with E-state index >= 15 is 0 Å². The molecule has 0 saturated heterocycles. The zero-order valence-electron chi connectivity index (χ0n) is 11.5. The van der Waals surface area contributed by atoms with Crippen LogP contribution in [0.2, 0.25) is 0 Å². The third kappa shape index (κ3) is 3.18. The number of rotatable bonds is 6. The van der Waals surface area contributed by atoms with Crippen LogP contribution in [0.1, 0.15) is 18.3 Å². The summed E-state index contributed by atoms with van der Waals surface area (Å²) in [4.78, 5) is 12.7. The SMILES string of the molecule is CCc1c(NC)ncnc1NCCc1ncn(C)n1. The van der Waals surface area contributed by atoms with E-state index in [1.54, 1.807) is 17.3 Å². The second kappa shape index (κ2) is 6.12. The Balaban J connectivity index is 1.99. The van der Waals surface area contributed by atoms with Crippen LogP contribution in [-0.4, -0.2) is 38.3 Å². The minimum atomic E-state index is 0.747. The lowest BCUT2D eigenvalue weighted by atomic mass is 10.2. The summed E-state index contributed by atoms with van der Waals surface area (Å²) in [6, 6.07) is 0. The van der Waals surface area contributed by atoms with Crippen molar-refractivity contribution in [3.05, 3.63) is 24.0 Å². The average Bonchev–Trinajstić information content (AvgIpc) is 2.84. The highest BCUT2D eigenvalue weighted by Crippen LogP contribution is 2.19. The Morgan fingerprint density at radius 3 is 2.63 bits per heavy atom. The fourth-order valence-corrected chi connectivity index (χ4v) is 1.91. The molecule has 0 bridgehead atoms. The van der Waals surface area contributed by atoms with Crippen LogP contribution in [0.25, 0.3) is 0 Å². The summed E-state index contributed by atoms with van der Waals surface area (Å²) in [5, 5.41) is 10.6. The highest BCUT2D eigenvalue weighted by atomic mass is 15.3. The van der Waals surface area contributed by atoms with Gasteiger partial charge in [-0.05, 0) is 6.42 Å². The number of nitrogens with one attached hydrogen (secondary N) is 2. The van der Waals surface area contributed by atoms with E-state index in [1.165, 1.54) is 0 Å². The first-order chi connectivity index (χ1) is 9.24. The molecule has 0 amide bonds. The third-order valence-electron chi connectivity index (χ3n) is 2.82. The smallest absolute Gasteiger partial charge is 0.152 e. The molecule has 0 saturated carbocycles. The summed E-state index contributed by atoms with van der Waals surface area (Å²) in [5.74, 6) is 2.57. The van der Waals surface area contributed by atoms with Crippen molar-refractivity contribution >= 4 is 11.6 Å². The number of aromatic nitrogens is 5. The zero-order valence-corrected chi connectivity index (χ0v) is 11.5. The molecule has 7 nitrogen and oxygen atoms in total. The molecule has 0 fully saturated rings. The number of aryl methyl sites for hydroxylation is 1.